The minimum Gasteiger partial charge on any atom is -0.489 e. The lowest BCUT2D eigenvalue weighted by Gasteiger charge is -2.28. The normalized spacial score (nSPS) is 15.9. The first kappa shape index (κ1) is 18.4. The third-order valence-electron chi connectivity index (χ3n) is 5.37. The highest BCUT2D eigenvalue weighted by Gasteiger charge is 2.30. The van der Waals surface area contributed by atoms with E-state index in [0.29, 0.717) is 23.4 Å². The molecule has 2 aliphatic rings. The maximum Gasteiger partial charge on any atom is 0.226 e. The van der Waals surface area contributed by atoms with Gasteiger partial charge in [-0.25, -0.2) is 15.0 Å². The predicted molar refractivity (Wildman–Crippen MR) is 109 cm³/mol. The second-order valence-electron chi connectivity index (χ2n) is 7.57. The van der Waals surface area contributed by atoms with Gasteiger partial charge in [-0.15, -0.1) is 0 Å². The molecule has 2 aliphatic carbocycles. The second kappa shape index (κ2) is 7.63. The highest BCUT2D eigenvalue weighted by molar-refractivity contribution is 5.75. The molecule has 152 valence electrons. The molecule has 2 N–H and O–H groups in total. The molecule has 0 amide bonds. The fourth-order valence-electron chi connectivity index (χ4n) is 3.36. The average Bonchev–Trinajstić information content (AvgIpc) is 3.50. The maximum absolute atomic E-state index is 8.85. The molecule has 0 aromatic carbocycles. The van der Waals surface area contributed by atoms with Crippen LogP contribution in [0.2, 0.25) is 0 Å². The molecule has 9 nitrogen and oxygen atoms in total. The number of anilines is 2. The number of H-pyrrole nitrogens is 1. The highest BCUT2D eigenvalue weighted by atomic mass is 16.5. The molecule has 0 spiro atoms. The van der Waals surface area contributed by atoms with Crippen molar-refractivity contribution in [1.29, 1.82) is 5.26 Å². The zero-order valence-corrected chi connectivity index (χ0v) is 16.6. The van der Waals surface area contributed by atoms with Crippen LogP contribution in [0.25, 0.3) is 11.3 Å². The van der Waals surface area contributed by atoms with Crippen LogP contribution in [0.4, 0.5) is 11.6 Å². The number of rotatable bonds is 7. The summed E-state index contributed by atoms with van der Waals surface area (Å²) < 4.78 is 11.9. The van der Waals surface area contributed by atoms with E-state index >= 15 is 0 Å². The molecular weight excluding hydrogens is 382 g/mol. The van der Waals surface area contributed by atoms with Crippen molar-refractivity contribution in [2.75, 3.05) is 12.4 Å². The van der Waals surface area contributed by atoms with Crippen LogP contribution in [0.5, 0.6) is 11.6 Å². The van der Waals surface area contributed by atoms with Crippen molar-refractivity contribution in [1.82, 2.24) is 25.1 Å². The van der Waals surface area contributed by atoms with Crippen molar-refractivity contribution in [3.63, 3.8) is 0 Å². The first-order valence-corrected chi connectivity index (χ1v) is 10.0. The summed E-state index contributed by atoms with van der Waals surface area (Å²) in [6.07, 6.45) is 8.77. The van der Waals surface area contributed by atoms with Crippen LogP contribution in [-0.2, 0) is 0 Å². The van der Waals surface area contributed by atoms with Crippen LogP contribution in [0.1, 0.15) is 49.4 Å². The van der Waals surface area contributed by atoms with Gasteiger partial charge in [0.2, 0.25) is 5.88 Å². The molecular formula is C21H21N7O2. The summed E-state index contributed by atoms with van der Waals surface area (Å²) in [5, 5.41) is 19.3. The number of hydrogen-bond acceptors (Lipinski definition) is 8. The average molecular weight is 403 g/mol. The van der Waals surface area contributed by atoms with Gasteiger partial charge in [0.05, 0.1) is 37.0 Å². The Morgan fingerprint density at radius 2 is 2.00 bits per heavy atom. The topological polar surface area (TPSA) is 122 Å². The van der Waals surface area contributed by atoms with E-state index in [9.17, 15) is 0 Å². The summed E-state index contributed by atoms with van der Waals surface area (Å²) in [6.45, 7) is 0. The van der Waals surface area contributed by atoms with Gasteiger partial charge in [0.1, 0.15) is 23.2 Å². The van der Waals surface area contributed by atoms with Crippen LogP contribution in [-0.4, -0.2) is 38.4 Å². The summed E-state index contributed by atoms with van der Waals surface area (Å²) in [5.74, 6) is 2.86. The van der Waals surface area contributed by atoms with E-state index in [2.05, 4.69) is 25.5 Å². The zero-order chi connectivity index (χ0) is 20.5. The van der Waals surface area contributed by atoms with E-state index in [1.54, 1.807) is 7.11 Å². The third-order valence-corrected chi connectivity index (χ3v) is 5.37. The minimum atomic E-state index is 0.234. The monoisotopic (exact) mass is 403 g/mol. The summed E-state index contributed by atoms with van der Waals surface area (Å²) in [7, 11) is 1.62. The van der Waals surface area contributed by atoms with Gasteiger partial charge in [0.25, 0.3) is 0 Å². The number of nitrogens with one attached hydrogen (secondary N) is 2. The number of nitriles is 1. The summed E-state index contributed by atoms with van der Waals surface area (Å²) >= 11 is 0. The van der Waals surface area contributed by atoms with Gasteiger partial charge in [-0.1, -0.05) is 0 Å². The van der Waals surface area contributed by atoms with E-state index in [1.807, 2.05) is 18.2 Å². The van der Waals surface area contributed by atoms with Crippen molar-refractivity contribution < 1.29 is 9.47 Å². The molecule has 3 aromatic rings. The Hall–Kier alpha value is -3.67. The lowest BCUT2D eigenvalue weighted by Crippen LogP contribution is -2.25. The first-order valence-electron chi connectivity index (χ1n) is 10.0. The number of ether oxygens (including phenoxy) is 2. The molecule has 9 heteroatoms. The van der Waals surface area contributed by atoms with Gasteiger partial charge in [0.15, 0.2) is 11.5 Å². The van der Waals surface area contributed by atoms with Crippen LogP contribution in [0, 0.1) is 11.3 Å². The summed E-state index contributed by atoms with van der Waals surface area (Å²) in [5.41, 5.74) is 2.78. The molecule has 0 unspecified atom stereocenters. The molecule has 0 atom stereocenters. The van der Waals surface area contributed by atoms with Crippen molar-refractivity contribution in [2.45, 2.75) is 44.1 Å². The van der Waals surface area contributed by atoms with Gasteiger partial charge in [-0.05, 0) is 32.1 Å². The van der Waals surface area contributed by atoms with E-state index in [4.69, 9.17) is 19.7 Å². The van der Waals surface area contributed by atoms with Gasteiger partial charge in [-0.3, -0.25) is 5.10 Å². The number of methoxy groups -OCH3 is 1. The standard InChI is InChI=1S/C21H21N7O2/c1-29-21-20(17(30-14-3-2-4-14)7-15(25-21)12-5-6-12)16-8-18(28-27-16)26-19-11-23-13(9-22)10-24-19/h7-8,10-12,14H,2-6H2,1H3,(H2,24,26,27,28). The van der Waals surface area contributed by atoms with Gasteiger partial charge >= 0.3 is 0 Å². The van der Waals surface area contributed by atoms with E-state index in [-0.39, 0.29) is 11.8 Å². The molecule has 0 bridgehead atoms. The Balaban J connectivity index is 1.47. The lowest BCUT2D eigenvalue weighted by atomic mass is 9.96. The van der Waals surface area contributed by atoms with Crippen molar-refractivity contribution in [3.05, 3.63) is 35.9 Å². The number of aromatic nitrogens is 5. The smallest absolute Gasteiger partial charge is 0.226 e. The maximum atomic E-state index is 8.85. The lowest BCUT2D eigenvalue weighted by molar-refractivity contribution is 0.120. The SMILES string of the molecule is COc1nc(C2CC2)cc(OC2CCC2)c1-c1cc(Nc2cnc(C#N)cn2)n[nH]1. The Bertz CT molecular complexity index is 1100. The molecule has 2 fully saturated rings. The molecule has 3 heterocycles. The Kier molecular flexibility index (Phi) is 4.67. The predicted octanol–water partition coefficient (Wildman–Crippen LogP) is 3.69. The van der Waals surface area contributed by atoms with Gasteiger partial charge in [0, 0.05) is 18.1 Å². The summed E-state index contributed by atoms with van der Waals surface area (Å²) in [6, 6.07) is 5.85. The van der Waals surface area contributed by atoms with Crippen LogP contribution in [0.3, 0.4) is 0 Å². The van der Waals surface area contributed by atoms with E-state index < -0.39 is 0 Å². The molecule has 3 aromatic heterocycles. The number of hydrogen-bond donors (Lipinski definition) is 2. The largest absolute Gasteiger partial charge is 0.489 e. The van der Waals surface area contributed by atoms with E-state index in [0.717, 1.165) is 48.4 Å². The Morgan fingerprint density at radius 1 is 1.13 bits per heavy atom. The molecule has 0 radical (unpaired) electrons. The quantitative estimate of drug-likeness (QED) is 0.612. The Labute approximate surface area is 173 Å². The molecule has 30 heavy (non-hydrogen) atoms. The van der Waals surface area contributed by atoms with Gasteiger partial charge < -0.3 is 14.8 Å². The Morgan fingerprint density at radius 3 is 2.63 bits per heavy atom. The van der Waals surface area contributed by atoms with Crippen LogP contribution in [0.15, 0.2) is 24.5 Å². The van der Waals surface area contributed by atoms with E-state index in [1.165, 1.54) is 18.8 Å². The first-order chi connectivity index (χ1) is 14.7. The fraction of sp³-hybridized carbons (Fsp3) is 0.381. The zero-order valence-electron chi connectivity index (χ0n) is 16.6. The van der Waals surface area contributed by atoms with Crippen LogP contribution >= 0.6 is 0 Å². The number of nitrogens with zero attached hydrogens (tertiary/aromatic N) is 5. The number of pyridine rings is 1. The van der Waals surface area contributed by atoms with Crippen molar-refractivity contribution >= 4 is 11.6 Å². The third kappa shape index (κ3) is 3.64. The summed E-state index contributed by atoms with van der Waals surface area (Å²) in [4.78, 5) is 12.9. The van der Waals surface area contributed by atoms with Crippen molar-refractivity contribution in [2.24, 2.45) is 0 Å². The van der Waals surface area contributed by atoms with Crippen molar-refractivity contribution in [3.8, 4) is 29.0 Å². The molecule has 0 aliphatic heterocycles. The highest BCUT2D eigenvalue weighted by Crippen LogP contribution is 2.46. The molecule has 2 saturated carbocycles. The number of aromatic amines is 1. The second-order valence-corrected chi connectivity index (χ2v) is 7.57. The fourth-order valence-corrected chi connectivity index (χ4v) is 3.36. The molecule has 0 saturated heterocycles. The molecule has 5 rings (SSSR count). The van der Waals surface area contributed by atoms with Crippen LogP contribution < -0.4 is 14.8 Å². The minimum absolute atomic E-state index is 0.234. The van der Waals surface area contributed by atoms with Gasteiger partial charge in [-0.2, -0.15) is 10.4 Å².